The van der Waals surface area contributed by atoms with Gasteiger partial charge in [0.05, 0.1) is 5.69 Å². The van der Waals surface area contributed by atoms with Crippen LogP contribution in [0.25, 0.3) is 0 Å². The van der Waals surface area contributed by atoms with Crippen LogP contribution in [0, 0.1) is 13.8 Å². The number of ether oxygens (including phenoxy) is 1. The van der Waals surface area contributed by atoms with Crippen molar-refractivity contribution in [3.05, 3.63) is 51.8 Å². The van der Waals surface area contributed by atoms with Crippen molar-refractivity contribution in [2.75, 3.05) is 26.8 Å². The fourth-order valence-electron chi connectivity index (χ4n) is 3.91. The van der Waals surface area contributed by atoms with Gasteiger partial charge in [0, 0.05) is 62.1 Å². The number of nitrogens with one attached hydrogen (secondary N) is 2. The van der Waals surface area contributed by atoms with Gasteiger partial charge in [0.25, 0.3) is 0 Å². The number of rotatable bonds is 5. The maximum Gasteiger partial charge on any atom is 0.191 e. The fourth-order valence-corrected chi connectivity index (χ4v) is 4.25. The van der Waals surface area contributed by atoms with Crippen molar-refractivity contribution in [1.82, 2.24) is 20.4 Å². The van der Waals surface area contributed by atoms with Crippen LogP contribution in [0.4, 0.5) is 0 Å². The summed E-state index contributed by atoms with van der Waals surface area (Å²) in [6, 6.07) is 8.13. The Hall–Kier alpha value is -2.05. The number of aliphatic imine (C=N–C) groups is 1. The molecule has 0 spiro atoms. The second-order valence-corrected chi connectivity index (χ2v) is 7.83. The number of guanidine groups is 1. The molecule has 7 heteroatoms. The number of aryl methyl sites for hydroxylation is 2. The largest absolute Gasteiger partial charge is 0.381 e. The third-order valence-corrected chi connectivity index (χ3v) is 6.13. The lowest BCUT2D eigenvalue weighted by Crippen LogP contribution is -2.48. The van der Waals surface area contributed by atoms with Crippen LogP contribution in [-0.2, 0) is 23.7 Å². The maximum atomic E-state index is 6.55. The molecule has 0 radical (unpaired) electrons. The monoisotopic (exact) mass is 403 g/mol. The van der Waals surface area contributed by atoms with Crippen LogP contribution in [-0.4, -0.2) is 42.5 Å². The molecular formula is C21H30ClN5O. The summed E-state index contributed by atoms with van der Waals surface area (Å²) in [6.07, 6.45) is 1.86. The molecule has 1 saturated heterocycles. The zero-order valence-electron chi connectivity index (χ0n) is 17.2. The van der Waals surface area contributed by atoms with E-state index in [1.165, 1.54) is 11.1 Å². The average Bonchev–Trinajstić information content (AvgIpc) is 2.95. The van der Waals surface area contributed by atoms with E-state index in [1.807, 2.05) is 30.8 Å². The predicted molar refractivity (Wildman–Crippen MR) is 114 cm³/mol. The first-order valence-corrected chi connectivity index (χ1v) is 10.1. The van der Waals surface area contributed by atoms with Gasteiger partial charge in [0.1, 0.15) is 0 Å². The van der Waals surface area contributed by atoms with Crippen molar-refractivity contribution >= 4 is 17.6 Å². The third-order valence-electron chi connectivity index (χ3n) is 5.80. The van der Waals surface area contributed by atoms with E-state index in [9.17, 15) is 0 Å². The van der Waals surface area contributed by atoms with Gasteiger partial charge in [0.2, 0.25) is 0 Å². The summed E-state index contributed by atoms with van der Waals surface area (Å²) in [5.41, 5.74) is 4.53. The Kier molecular flexibility index (Phi) is 6.62. The molecule has 1 aromatic carbocycles. The van der Waals surface area contributed by atoms with Crippen molar-refractivity contribution in [3.8, 4) is 0 Å². The second-order valence-electron chi connectivity index (χ2n) is 7.42. The molecule has 1 aliphatic heterocycles. The first-order chi connectivity index (χ1) is 13.5. The summed E-state index contributed by atoms with van der Waals surface area (Å²) in [7, 11) is 3.77. The van der Waals surface area contributed by atoms with Crippen LogP contribution in [0.1, 0.15) is 35.4 Å². The van der Waals surface area contributed by atoms with Crippen LogP contribution in [0.15, 0.2) is 29.3 Å². The lowest BCUT2D eigenvalue weighted by molar-refractivity contribution is 0.0514. The molecule has 3 rings (SSSR count). The van der Waals surface area contributed by atoms with Crippen molar-refractivity contribution in [3.63, 3.8) is 0 Å². The molecule has 2 aromatic rings. The van der Waals surface area contributed by atoms with Gasteiger partial charge in [-0.05, 0) is 38.3 Å². The van der Waals surface area contributed by atoms with Crippen LogP contribution < -0.4 is 10.6 Å². The molecule has 0 bridgehead atoms. The summed E-state index contributed by atoms with van der Waals surface area (Å²) in [6.45, 7) is 7.05. The van der Waals surface area contributed by atoms with Gasteiger partial charge >= 0.3 is 0 Å². The molecule has 0 atom stereocenters. The number of aromatic nitrogens is 2. The van der Waals surface area contributed by atoms with Gasteiger partial charge in [-0.2, -0.15) is 5.10 Å². The highest BCUT2D eigenvalue weighted by atomic mass is 35.5. The molecule has 152 valence electrons. The van der Waals surface area contributed by atoms with Gasteiger partial charge in [-0.15, -0.1) is 0 Å². The Morgan fingerprint density at radius 3 is 2.57 bits per heavy atom. The Morgan fingerprint density at radius 2 is 1.96 bits per heavy atom. The average molecular weight is 404 g/mol. The highest BCUT2D eigenvalue weighted by molar-refractivity contribution is 6.31. The molecule has 0 amide bonds. The summed E-state index contributed by atoms with van der Waals surface area (Å²) < 4.78 is 7.54. The summed E-state index contributed by atoms with van der Waals surface area (Å²) in [5, 5.41) is 12.2. The summed E-state index contributed by atoms with van der Waals surface area (Å²) in [4.78, 5) is 4.40. The molecule has 28 heavy (non-hydrogen) atoms. The van der Waals surface area contributed by atoms with Gasteiger partial charge in [-0.3, -0.25) is 9.67 Å². The molecule has 0 unspecified atom stereocenters. The SMILES string of the molecule is CN=C(NCc1c(C)nn(C)c1C)NCC1(c2ccccc2Cl)CCOCC1. The van der Waals surface area contributed by atoms with E-state index in [4.69, 9.17) is 16.3 Å². The number of benzene rings is 1. The molecular weight excluding hydrogens is 374 g/mol. The zero-order chi connectivity index (χ0) is 20.1. The van der Waals surface area contributed by atoms with Gasteiger partial charge in [-0.25, -0.2) is 0 Å². The van der Waals surface area contributed by atoms with E-state index in [0.29, 0.717) is 6.54 Å². The van der Waals surface area contributed by atoms with Gasteiger partial charge in [-0.1, -0.05) is 29.8 Å². The standard InChI is InChI=1S/C21H30ClN5O/c1-15-17(16(2)27(4)26-15)13-24-20(23-3)25-14-21(9-11-28-12-10-21)18-7-5-6-8-19(18)22/h5-8H,9-14H2,1-4H3,(H2,23,24,25). The quantitative estimate of drug-likeness (QED) is 0.594. The Bertz CT molecular complexity index is 839. The lowest BCUT2D eigenvalue weighted by Gasteiger charge is -2.38. The number of halogens is 1. The van der Waals surface area contributed by atoms with E-state index in [0.717, 1.165) is 55.0 Å². The van der Waals surface area contributed by atoms with E-state index < -0.39 is 0 Å². The summed E-state index contributed by atoms with van der Waals surface area (Å²) in [5.74, 6) is 0.778. The van der Waals surface area contributed by atoms with Crippen LogP contribution in [0.5, 0.6) is 0 Å². The second kappa shape index (κ2) is 8.97. The maximum absolute atomic E-state index is 6.55. The highest BCUT2D eigenvalue weighted by Crippen LogP contribution is 2.38. The molecule has 6 nitrogen and oxygen atoms in total. The first-order valence-electron chi connectivity index (χ1n) is 9.73. The lowest BCUT2D eigenvalue weighted by atomic mass is 9.74. The molecule has 1 fully saturated rings. The smallest absolute Gasteiger partial charge is 0.191 e. The van der Waals surface area contributed by atoms with E-state index in [1.54, 1.807) is 7.05 Å². The highest BCUT2D eigenvalue weighted by Gasteiger charge is 2.36. The number of hydrogen-bond donors (Lipinski definition) is 2. The number of hydrogen-bond acceptors (Lipinski definition) is 3. The molecule has 2 N–H and O–H groups in total. The van der Waals surface area contributed by atoms with E-state index in [2.05, 4.69) is 39.8 Å². The number of nitrogens with zero attached hydrogens (tertiary/aromatic N) is 3. The van der Waals surface area contributed by atoms with E-state index >= 15 is 0 Å². The molecule has 0 saturated carbocycles. The zero-order valence-corrected chi connectivity index (χ0v) is 17.9. The van der Waals surface area contributed by atoms with Crippen LogP contribution in [0.3, 0.4) is 0 Å². The first kappa shape index (κ1) is 20.7. The molecule has 1 aromatic heterocycles. The molecule has 0 aliphatic carbocycles. The van der Waals surface area contributed by atoms with E-state index in [-0.39, 0.29) is 5.41 Å². The van der Waals surface area contributed by atoms with Crippen molar-refractivity contribution in [2.24, 2.45) is 12.0 Å². The topological polar surface area (TPSA) is 63.5 Å². The Balaban J connectivity index is 1.70. The predicted octanol–water partition coefficient (Wildman–Crippen LogP) is 3.10. The van der Waals surface area contributed by atoms with Crippen molar-refractivity contribution in [1.29, 1.82) is 0 Å². The van der Waals surface area contributed by atoms with Gasteiger partial charge < -0.3 is 15.4 Å². The van der Waals surface area contributed by atoms with Crippen molar-refractivity contribution < 1.29 is 4.74 Å². The van der Waals surface area contributed by atoms with Crippen LogP contribution >= 0.6 is 11.6 Å². The van der Waals surface area contributed by atoms with Gasteiger partial charge in [0.15, 0.2) is 5.96 Å². The Morgan fingerprint density at radius 1 is 1.25 bits per heavy atom. The minimum Gasteiger partial charge on any atom is -0.381 e. The fraction of sp³-hybridized carbons (Fsp3) is 0.524. The van der Waals surface area contributed by atoms with Crippen LogP contribution in [0.2, 0.25) is 5.02 Å². The minimum absolute atomic E-state index is 0.0612. The Labute approximate surface area is 172 Å². The third kappa shape index (κ3) is 4.33. The minimum atomic E-state index is -0.0612. The summed E-state index contributed by atoms with van der Waals surface area (Å²) >= 11 is 6.55. The normalized spacial score (nSPS) is 16.8. The van der Waals surface area contributed by atoms with Crippen molar-refractivity contribution in [2.45, 2.75) is 38.6 Å². The molecule has 2 heterocycles. The molecule has 1 aliphatic rings.